The summed E-state index contributed by atoms with van der Waals surface area (Å²) in [5.74, 6) is 0.747. The van der Waals surface area contributed by atoms with Gasteiger partial charge < -0.3 is 4.74 Å². The van der Waals surface area contributed by atoms with E-state index in [9.17, 15) is 0 Å². The van der Waals surface area contributed by atoms with E-state index >= 15 is 0 Å². The van der Waals surface area contributed by atoms with Crippen molar-refractivity contribution in [2.45, 2.75) is 20.0 Å². The summed E-state index contributed by atoms with van der Waals surface area (Å²) >= 11 is 0. The van der Waals surface area contributed by atoms with Gasteiger partial charge in [0.2, 0.25) is 0 Å². The van der Waals surface area contributed by atoms with E-state index in [4.69, 9.17) is 4.74 Å². The van der Waals surface area contributed by atoms with Crippen molar-refractivity contribution in [2.75, 3.05) is 0 Å². The van der Waals surface area contributed by atoms with Gasteiger partial charge in [-0.2, -0.15) is 0 Å². The van der Waals surface area contributed by atoms with Crippen molar-refractivity contribution >= 4 is 0 Å². The van der Waals surface area contributed by atoms with Crippen LogP contribution in [-0.4, -0.2) is 6.10 Å². The largest absolute Gasteiger partial charge is 0.551 e. The fourth-order valence-electron chi connectivity index (χ4n) is 2.35. The molecule has 0 fully saturated rings. The second-order valence-electron chi connectivity index (χ2n) is 4.27. The summed E-state index contributed by atoms with van der Waals surface area (Å²) in [6.45, 7) is 4.29. The van der Waals surface area contributed by atoms with Crippen LogP contribution in [0.3, 0.4) is 0 Å². The second-order valence-corrected chi connectivity index (χ2v) is 4.27. The first-order valence-corrected chi connectivity index (χ1v) is 5.35. The van der Waals surface area contributed by atoms with Crippen molar-refractivity contribution in [3.8, 4) is 0 Å². The molecule has 0 aromatic heterocycles. The van der Waals surface area contributed by atoms with E-state index in [1.807, 2.05) is 0 Å². The standard InChI is InChI=1S/C14H17O.Hf/c1-10-6-4-8-12(10)14(15-3)13-9-5-7-11(13)2;/h4-9,12-14H,3H2,1-2H3;/q-1;. The van der Waals surface area contributed by atoms with Gasteiger partial charge >= 0.3 is 0 Å². The first-order valence-electron chi connectivity index (χ1n) is 5.35. The first kappa shape index (κ1) is 13.9. The van der Waals surface area contributed by atoms with Gasteiger partial charge in [-0.25, -0.2) is 7.11 Å². The summed E-state index contributed by atoms with van der Waals surface area (Å²) in [4.78, 5) is 0. The van der Waals surface area contributed by atoms with Gasteiger partial charge in [-0.1, -0.05) is 47.6 Å². The molecule has 0 saturated heterocycles. The molecule has 0 N–H and O–H groups in total. The molecule has 0 aromatic rings. The minimum Gasteiger partial charge on any atom is -0.551 e. The van der Waals surface area contributed by atoms with E-state index < -0.39 is 0 Å². The van der Waals surface area contributed by atoms with E-state index in [1.54, 1.807) is 0 Å². The van der Waals surface area contributed by atoms with E-state index in [-0.39, 0.29) is 31.9 Å². The van der Waals surface area contributed by atoms with Gasteiger partial charge in [-0.05, 0) is 13.8 Å². The number of ether oxygens (including phenoxy) is 1. The summed E-state index contributed by atoms with van der Waals surface area (Å²) in [6, 6.07) is 0. The molecular formula is C14H17HfO-. The van der Waals surface area contributed by atoms with Crippen LogP contribution in [0.1, 0.15) is 13.8 Å². The monoisotopic (exact) mass is 381 g/mol. The Morgan fingerprint density at radius 1 is 1.06 bits per heavy atom. The Labute approximate surface area is 117 Å². The Morgan fingerprint density at radius 2 is 1.50 bits per heavy atom. The zero-order valence-corrected chi connectivity index (χ0v) is 13.4. The molecule has 2 aliphatic carbocycles. The Morgan fingerprint density at radius 3 is 1.75 bits per heavy atom. The summed E-state index contributed by atoms with van der Waals surface area (Å²) in [7, 11) is 3.62. The molecule has 2 unspecified atom stereocenters. The third-order valence-corrected chi connectivity index (χ3v) is 3.31. The predicted molar refractivity (Wildman–Crippen MR) is 63.0 cm³/mol. The van der Waals surface area contributed by atoms with Crippen molar-refractivity contribution < 1.29 is 30.6 Å². The van der Waals surface area contributed by atoms with Gasteiger partial charge in [0.1, 0.15) is 0 Å². The molecule has 84 valence electrons. The SMILES string of the molecule is [CH2-]OC(C1C=CC=C1C)C1C=CC=C1C.[Hf]. The molecule has 0 spiro atoms. The van der Waals surface area contributed by atoms with Crippen LogP contribution >= 0.6 is 0 Å². The van der Waals surface area contributed by atoms with Crippen molar-refractivity contribution in [2.24, 2.45) is 11.8 Å². The Bertz CT molecular complexity index is 329. The average molecular weight is 380 g/mol. The van der Waals surface area contributed by atoms with Crippen LogP contribution in [0.5, 0.6) is 0 Å². The molecule has 0 aromatic carbocycles. The molecule has 0 radical (unpaired) electrons. The van der Waals surface area contributed by atoms with Gasteiger partial charge in [0.15, 0.2) is 0 Å². The molecule has 0 heterocycles. The summed E-state index contributed by atoms with van der Waals surface area (Å²) in [6.07, 6.45) is 13.0. The Kier molecular flexibility index (Phi) is 5.13. The normalized spacial score (nSPS) is 28.7. The van der Waals surface area contributed by atoms with Crippen molar-refractivity contribution in [3.63, 3.8) is 0 Å². The topological polar surface area (TPSA) is 9.23 Å². The zero-order chi connectivity index (χ0) is 10.8. The van der Waals surface area contributed by atoms with Gasteiger partial charge in [0, 0.05) is 43.8 Å². The number of hydrogen-bond acceptors (Lipinski definition) is 1. The summed E-state index contributed by atoms with van der Waals surface area (Å²) < 4.78 is 5.42. The number of rotatable bonds is 3. The third kappa shape index (κ3) is 2.54. The molecule has 16 heavy (non-hydrogen) atoms. The van der Waals surface area contributed by atoms with Crippen LogP contribution in [0.25, 0.3) is 0 Å². The van der Waals surface area contributed by atoms with Gasteiger partial charge in [-0.3, -0.25) is 0 Å². The predicted octanol–water partition coefficient (Wildman–Crippen LogP) is 3.43. The second kappa shape index (κ2) is 5.92. The molecule has 0 bridgehead atoms. The van der Waals surface area contributed by atoms with Crippen molar-refractivity contribution in [3.05, 3.63) is 54.7 Å². The van der Waals surface area contributed by atoms with Crippen LogP contribution in [0.15, 0.2) is 47.6 Å². The number of allylic oxidation sites excluding steroid dienone is 4. The maximum Gasteiger partial charge on any atom is 0.0434 e. The molecule has 2 rings (SSSR count). The van der Waals surface area contributed by atoms with Crippen molar-refractivity contribution in [1.82, 2.24) is 0 Å². The zero-order valence-electron chi connectivity index (χ0n) is 9.81. The first-order chi connectivity index (χ1) is 7.24. The van der Waals surface area contributed by atoms with Crippen LogP contribution in [0.4, 0.5) is 0 Å². The minimum absolute atomic E-state index is 0. The third-order valence-electron chi connectivity index (χ3n) is 3.31. The van der Waals surface area contributed by atoms with E-state index in [0.29, 0.717) is 11.8 Å². The molecule has 0 aliphatic heterocycles. The fourth-order valence-corrected chi connectivity index (χ4v) is 2.35. The maximum atomic E-state index is 5.42. The van der Waals surface area contributed by atoms with Gasteiger partial charge in [0.05, 0.1) is 0 Å². The minimum atomic E-state index is 0. The summed E-state index contributed by atoms with van der Waals surface area (Å²) in [5, 5.41) is 0. The van der Waals surface area contributed by atoms with Gasteiger partial charge in [-0.15, -0.1) is 0 Å². The van der Waals surface area contributed by atoms with Crippen LogP contribution in [-0.2, 0) is 30.6 Å². The Hall–Kier alpha value is -0.210. The van der Waals surface area contributed by atoms with E-state index in [2.05, 4.69) is 57.4 Å². The maximum absolute atomic E-state index is 5.42. The molecule has 1 nitrogen and oxygen atoms in total. The summed E-state index contributed by atoms with van der Waals surface area (Å²) in [5.41, 5.74) is 2.72. The molecule has 0 amide bonds. The quantitative estimate of drug-likeness (QED) is 0.539. The molecular weight excluding hydrogens is 363 g/mol. The van der Waals surface area contributed by atoms with E-state index in [0.717, 1.165) is 0 Å². The van der Waals surface area contributed by atoms with Crippen LogP contribution in [0.2, 0.25) is 0 Å². The van der Waals surface area contributed by atoms with Crippen molar-refractivity contribution in [1.29, 1.82) is 0 Å². The smallest absolute Gasteiger partial charge is 0.0434 e. The average Bonchev–Trinajstić information content (AvgIpc) is 2.80. The molecule has 0 saturated carbocycles. The molecule has 2 heteroatoms. The van der Waals surface area contributed by atoms with Crippen LogP contribution in [0, 0.1) is 18.9 Å². The van der Waals surface area contributed by atoms with E-state index in [1.165, 1.54) is 11.1 Å². The number of hydrogen-bond donors (Lipinski definition) is 0. The molecule has 2 atom stereocenters. The molecule has 2 aliphatic rings. The van der Waals surface area contributed by atoms with Gasteiger partial charge in [0.25, 0.3) is 0 Å². The van der Waals surface area contributed by atoms with Crippen LogP contribution < -0.4 is 0 Å². The fraction of sp³-hybridized carbons (Fsp3) is 0.357. The Balaban J connectivity index is 0.00000128.